The number of aromatic nitrogens is 2. The summed E-state index contributed by atoms with van der Waals surface area (Å²) in [6.07, 6.45) is 3.73. The van der Waals surface area contributed by atoms with Crippen LogP contribution in [0.1, 0.15) is 0 Å². The molecule has 1 aromatic heterocycles. The summed E-state index contributed by atoms with van der Waals surface area (Å²) in [7, 11) is 0. The van der Waals surface area contributed by atoms with E-state index in [1.165, 1.54) is 4.79 Å². The van der Waals surface area contributed by atoms with E-state index in [2.05, 4.69) is 17.9 Å². The third-order valence-corrected chi connectivity index (χ3v) is 1.07. The van der Waals surface area contributed by atoms with Crippen molar-refractivity contribution in [1.29, 1.82) is 0 Å². The van der Waals surface area contributed by atoms with Crippen LogP contribution in [0.5, 0.6) is 0 Å². The summed E-state index contributed by atoms with van der Waals surface area (Å²) in [5.41, 5.74) is 0. The number of hydrogen-bond acceptors (Lipinski definition) is 3. The second kappa shape index (κ2) is 2.54. The van der Waals surface area contributed by atoms with Gasteiger partial charge in [0.05, 0.1) is 12.4 Å². The molecule has 0 saturated carbocycles. The van der Waals surface area contributed by atoms with Crippen molar-refractivity contribution in [2.75, 3.05) is 4.41 Å². The molecule has 0 N–H and O–H groups in total. The zero-order chi connectivity index (χ0) is 6.69. The average molecular weight is 143 g/mol. The Morgan fingerprint density at radius 2 is 2.56 bits per heavy atom. The molecule has 0 bridgehead atoms. The molecule has 0 aliphatic carbocycles. The van der Waals surface area contributed by atoms with Crippen LogP contribution in [0.4, 0.5) is 0 Å². The summed E-state index contributed by atoms with van der Waals surface area (Å²) in [5.74, 6) is 0. The third kappa shape index (κ3) is 1.23. The highest BCUT2D eigenvalue weighted by Crippen LogP contribution is 1.87. The van der Waals surface area contributed by atoms with Gasteiger partial charge in [-0.3, -0.25) is 4.79 Å². The molecule has 0 aliphatic heterocycles. The van der Waals surface area contributed by atoms with Crippen LogP contribution in [0.3, 0.4) is 0 Å². The van der Waals surface area contributed by atoms with Crippen LogP contribution in [0.15, 0.2) is 18.5 Å². The van der Waals surface area contributed by atoms with Crippen LogP contribution < -0.4 is 4.41 Å². The first-order valence-corrected chi connectivity index (χ1v) is 2.68. The molecule has 0 aromatic carbocycles. The van der Waals surface area contributed by atoms with Crippen LogP contribution in [0.25, 0.3) is 0 Å². The molecule has 0 unspecified atom stereocenters. The van der Waals surface area contributed by atoms with Gasteiger partial charge in [-0.25, -0.2) is 0 Å². The van der Waals surface area contributed by atoms with Gasteiger partial charge in [-0.1, -0.05) is 0 Å². The van der Waals surface area contributed by atoms with E-state index in [0.29, 0.717) is 6.41 Å². The second-order valence-electron chi connectivity index (χ2n) is 1.35. The summed E-state index contributed by atoms with van der Waals surface area (Å²) < 4.78 is 1.03. The van der Waals surface area contributed by atoms with Crippen molar-refractivity contribution >= 4 is 19.2 Å². The quantitative estimate of drug-likeness (QED) is 0.461. The molecule has 1 aromatic rings. The van der Waals surface area contributed by atoms with Crippen LogP contribution in [0, 0.1) is 0 Å². The number of thiol groups is 1. The molecule has 5 heteroatoms. The first-order chi connectivity index (χ1) is 4.34. The lowest BCUT2D eigenvalue weighted by Gasteiger charge is -2.05. The van der Waals surface area contributed by atoms with Crippen molar-refractivity contribution in [2.24, 2.45) is 0 Å². The van der Waals surface area contributed by atoms with Gasteiger partial charge in [0.1, 0.15) is 0 Å². The summed E-state index contributed by atoms with van der Waals surface area (Å²) in [6.45, 7) is 0. The molecular weight excluding hydrogens is 138 g/mol. The van der Waals surface area contributed by atoms with E-state index in [9.17, 15) is 4.79 Å². The van der Waals surface area contributed by atoms with Gasteiger partial charge in [-0.05, 0) is 18.9 Å². The normalized spacial score (nSPS) is 9.00. The number of rotatable bonds is 2. The number of carbonyl (C=O) groups is 1. The highest BCUT2D eigenvalue weighted by molar-refractivity contribution is 7.82. The van der Waals surface area contributed by atoms with Crippen molar-refractivity contribution in [3.8, 4) is 0 Å². The Hall–Kier alpha value is -0.970. The van der Waals surface area contributed by atoms with E-state index in [0.717, 1.165) is 4.41 Å². The molecule has 1 heterocycles. The van der Waals surface area contributed by atoms with Crippen molar-refractivity contribution in [2.45, 2.75) is 0 Å². The third-order valence-electron chi connectivity index (χ3n) is 0.795. The number of nitrogens with zero attached hydrogens (tertiary/aromatic N) is 3. The Kier molecular flexibility index (Phi) is 1.74. The Balaban J connectivity index is 2.76. The van der Waals surface area contributed by atoms with Crippen LogP contribution in [0.2, 0.25) is 0 Å². The molecule has 1 amide bonds. The Bertz CT molecular complexity index is 186. The van der Waals surface area contributed by atoms with Gasteiger partial charge in [0.25, 0.3) is 0 Å². The minimum absolute atomic E-state index is 0.552. The fraction of sp³-hybridized carbons (Fsp3) is 0. The van der Waals surface area contributed by atoms with Crippen LogP contribution in [-0.2, 0) is 4.79 Å². The molecule has 0 saturated heterocycles. The SMILES string of the molecule is O=CN(S)n1cccn1. The zero-order valence-electron chi connectivity index (χ0n) is 4.51. The van der Waals surface area contributed by atoms with Gasteiger partial charge in [-0.15, -0.1) is 0 Å². The van der Waals surface area contributed by atoms with Crippen LogP contribution in [-0.4, -0.2) is 16.3 Å². The highest BCUT2D eigenvalue weighted by atomic mass is 32.1. The van der Waals surface area contributed by atoms with E-state index >= 15 is 0 Å². The van der Waals surface area contributed by atoms with Crippen LogP contribution >= 0.6 is 12.8 Å². The average Bonchev–Trinajstić information content (AvgIpc) is 2.37. The molecule has 0 atom stereocenters. The van der Waals surface area contributed by atoms with Gasteiger partial charge in [0, 0.05) is 0 Å². The summed E-state index contributed by atoms with van der Waals surface area (Å²) >= 11 is 3.75. The Morgan fingerprint density at radius 3 is 3.00 bits per heavy atom. The Morgan fingerprint density at radius 1 is 1.78 bits per heavy atom. The van der Waals surface area contributed by atoms with Gasteiger partial charge in [0.2, 0.25) is 6.41 Å². The number of amides is 1. The fourth-order valence-corrected chi connectivity index (χ4v) is 0.536. The van der Waals surface area contributed by atoms with Gasteiger partial charge < -0.3 is 0 Å². The smallest absolute Gasteiger partial charge is 0.240 e. The predicted molar refractivity (Wildman–Crippen MR) is 35.5 cm³/mol. The predicted octanol–water partition coefficient (Wildman–Crippen LogP) is -0.178. The van der Waals surface area contributed by atoms with Crippen molar-refractivity contribution in [1.82, 2.24) is 9.89 Å². The van der Waals surface area contributed by atoms with Crippen molar-refractivity contribution in [3.05, 3.63) is 18.5 Å². The Labute approximate surface area is 57.6 Å². The van der Waals surface area contributed by atoms with Crippen molar-refractivity contribution in [3.63, 3.8) is 0 Å². The molecule has 0 radical (unpaired) electrons. The number of hydrogen-bond donors (Lipinski definition) is 1. The summed E-state index contributed by atoms with van der Waals surface area (Å²) in [4.78, 5) is 11.3. The lowest BCUT2D eigenvalue weighted by molar-refractivity contribution is -0.107. The second-order valence-corrected chi connectivity index (χ2v) is 1.76. The van der Waals surface area contributed by atoms with E-state index in [4.69, 9.17) is 0 Å². The monoisotopic (exact) mass is 143 g/mol. The first-order valence-electron chi connectivity index (χ1n) is 2.28. The van der Waals surface area contributed by atoms with Gasteiger partial charge in [0.15, 0.2) is 0 Å². The summed E-state index contributed by atoms with van der Waals surface area (Å²) in [5, 5.41) is 3.72. The van der Waals surface area contributed by atoms with E-state index in [1.807, 2.05) is 0 Å². The number of carbonyl (C=O) groups excluding carboxylic acids is 1. The first kappa shape index (κ1) is 6.15. The molecular formula is C4H5N3OS. The van der Waals surface area contributed by atoms with Crippen molar-refractivity contribution < 1.29 is 4.79 Å². The largest absolute Gasteiger partial charge is 0.276 e. The molecule has 0 aliphatic rings. The molecule has 0 fully saturated rings. The molecule has 1 rings (SSSR count). The maximum atomic E-state index is 9.99. The lowest BCUT2D eigenvalue weighted by Crippen LogP contribution is -2.22. The van der Waals surface area contributed by atoms with Gasteiger partial charge >= 0.3 is 0 Å². The van der Waals surface area contributed by atoms with E-state index in [1.54, 1.807) is 18.5 Å². The topological polar surface area (TPSA) is 38.1 Å². The fourth-order valence-electron chi connectivity index (χ4n) is 0.430. The van der Waals surface area contributed by atoms with E-state index in [-0.39, 0.29) is 0 Å². The van der Waals surface area contributed by atoms with E-state index < -0.39 is 0 Å². The minimum Gasteiger partial charge on any atom is -0.276 e. The molecule has 9 heavy (non-hydrogen) atoms. The highest BCUT2D eigenvalue weighted by Gasteiger charge is 1.93. The molecule has 0 spiro atoms. The zero-order valence-corrected chi connectivity index (χ0v) is 5.40. The van der Waals surface area contributed by atoms with Gasteiger partial charge in [-0.2, -0.15) is 14.3 Å². The lowest BCUT2D eigenvalue weighted by atomic mass is 10.8. The maximum absolute atomic E-state index is 9.99. The summed E-state index contributed by atoms with van der Waals surface area (Å²) in [6, 6.07) is 1.70. The minimum atomic E-state index is 0.552. The molecule has 48 valence electrons. The maximum Gasteiger partial charge on any atom is 0.240 e. The standard InChI is InChI=1S/C4H5N3OS/c8-4-7(9)6-3-1-2-5-6/h1-4,9H. The molecule has 4 nitrogen and oxygen atoms in total.